The SMILES string of the molecule is O=C(NCCc1cccc(F)c1)C1CN(C2CCCCC2)C(=O)N1. The smallest absolute Gasteiger partial charge is 0.318 e. The summed E-state index contributed by atoms with van der Waals surface area (Å²) in [4.78, 5) is 26.2. The first kappa shape index (κ1) is 16.7. The number of hydrogen-bond donors (Lipinski definition) is 2. The first-order valence-electron chi connectivity index (χ1n) is 8.73. The first-order valence-corrected chi connectivity index (χ1v) is 8.73. The zero-order valence-corrected chi connectivity index (χ0v) is 13.8. The second-order valence-corrected chi connectivity index (χ2v) is 6.62. The summed E-state index contributed by atoms with van der Waals surface area (Å²) in [7, 11) is 0. The van der Waals surface area contributed by atoms with Gasteiger partial charge in [0, 0.05) is 12.6 Å². The third-order valence-corrected chi connectivity index (χ3v) is 4.87. The molecule has 130 valence electrons. The van der Waals surface area contributed by atoms with E-state index >= 15 is 0 Å². The van der Waals surface area contributed by atoms with E-state index < -0.39 is 6.04 Å². The summed E-state index contributed by atoms with van der Waals surface area (Å²) in [6.07, 6.45) is 6.16. The van der Waals surface area contributed by atoms with Gasteiger partial charge >= 0.3 is 6.03 Å². The molecule has 0 spiro atoms. The number of rotatable bonds is 5. The lowest BCUT2D eigenvalue weighted by molar-refractivity contribution is -0.122. The summed E-state index contributed by atoms with van der Waals surface area (Å²) < 4.78 is 13.1. The van der Waals surface area contributed by atoms with Crippen molar-refractivity contribution in [3.8, 4) is 0 Å². The lowest BCUT2D eigenvalue weighted by Crippen LogP contribution is -2.43. The van der Waals surface area contributed by atoms with E-state index in [4.69, 9.17) is 0 Å². The van der Waals surface area contributed by atoms with Gasteiger partial charge < -0.3 is 15.5 Å². The fourth-order valence-electron chi connectivity index (χ4n) is 3.56. The largest absolute Gasteiger partial charge is 0.354 e. The van der Waals surface area contributed by atoms with Crippen LogP contribution in [-0.4, -0.2) is 42.0 Å². The molecule has 2 aliphatic rings. The Balaban J connectivity index is 1.46. The summed E-state index contributed by atoms with van der Waals surface area (Å²) >= 11 is 0. The van der Waals surface area contributed by atoms with Crippen molar-refractivity contribution in [2.24, 2.45) is 0 Å². The van der Waals surface area contributed by atoms with Crippen LogP contribution in [0.3, 0.4) is 0 Å². The van der Waals surface area contributed by atoms with Crippen LogP contribution in [0.25, 0.3) is 0 Å². The Morgan fingerprint density at radius 3 is 2.83 bits per heavy atom. The highest BCUT2D eigenvalue weighted by atomic mass is 19.1. The molecule has 1 atom stereocenters. The number of halogens is 1. The van der Waals surface area contributed by atoms with Gasteiger partial charge in [0.25, 0.3) is 0 Å². The van der Waals surface area contributed by atoms with Gasteiger partial charge in [-0.3, -0.25) is 4.79 Å². The maximum Gasteiger partial charge on any atom is 0.318 e. The summed E-state index contributed by atoms with van der Waals surface area (Å²) in [5, 5.41) is 5.61. The van der Waals surface area contributed by atoms with Crippen molar-refractivity contribution in [3.05, 3.63) is 35.6 Å². The summed E-state index contributed by atoms with van der Waals surface area (Å²) in [6.45, 7) is 0.868. The van der Waals surface area contributed by atoms with Crippen molar-refractivity contribution in [1.82, 2.24) is 15.5 Å². The van der Waals surface area contributed by atoms with Crippen LogP contribution in [0.15, 0.2) is 24.3 Å². The van der Waals surface area contributed by atoms with Gasteiger partial charge in [0.1, 0.15) is 11.9 Å². The molecule has 0 radical (unpaired) electrons. The van der Waals surface area contributed by atoms with Crippen molar-refractivity contribution in [3.63, 3.8) is 0 Å². The van der Waals surface area contributed by atoms with Crippen LogP contribution >= 0.6 is 0 Å². The van der Waals surface area contributed by atoms with Gasteiger partial charge in [0.2, 0.25) is 5.91 Å². The predicted molar refractivity (Wildman–Crippen MR) is 89.0 cm³/mol. The molecular formula is C18H24FN3O2. The molecule has 3 rings (SSSR count). The number of carbonyl (C=O) groups is 2. The summed E-state index contributed by atoms with van der Waals surface area (Å²) in [5.41, 5.74) is 0.842. The molecule has 24 heavy (non-hydrogen) atoms. The lowest BCUT2D eigenvalue weighted by atomic mass is 9.94. The molecule has 2 fully saturated rings. The van der Waals surface area contributed by atoms with Crippen molar-refractivity contribution in [2.75, 3.05) is 13.1 Å². The Kier molecular flexibility index (Phi) is 5.33. The summed E-state index contributed by atoms with van der Waals surface area (Å²) in [6, 6.07) is 6.00. The molecular weight excluding hydrogens is 309 g/mol. The van der Waals surface area contributed by atoms with Crippen molar-refractivity contribution in [1.29, 1.82) is 0 Å². The van der Waals surface area contributed by atoms with Crippen LogP contribution in [0.5, 0.6) is 0 Å². The highest BCUT2D eigenvalue weighted by Crippen LogP contribution is 2.24. The zero-order valence-electron chi connectivity index (χ0n) is 13.8. The molecule has 1 aliphatic carbocycles. The Bertz CT molecular complexity index is 602. The third kappa shape index (κ3) is 4.04. The van der Waals surface area contributed by atoms with E-state index in [2.05, 4.69) is 10.6 Å². The highest BCUT2D eigenvalue weighted by molar-refractivity contribution is 5.90. The number of nitrogens with one attached hydrogen (secondary N) is 2. The molecule has 0 bridgehead atoms. The minimum atomic E-state index is -0.494. The second-order valence-electron chi connectivity index (χ2n) is 6.62. The van der Waals surface area contributed by atoms with Gasteiger partial charge in [-0.15, -0.1) is 0 Å². The molecule has 6 heteroatoms. The van der Waals surface area contributed by atoms with Crippen molar-refractivity contribution < 1.29 is 14.0 Å². The first-order chi connectivity index (χ1) is 11.6. The normalized spacial score (nSPS) is 21.6. The number of urea groups is 1. The molecule has 1 saturated heterocycles. The van der Waals surface area contributed by atoms with Gasteiger partial charge in [0.15, 0.2) is 0 Å². The quantitative estimate of drug-likeness (QED) is 0.868. The van der Waals surface area contributed by atoms with Crippen LogP contribution in [0, 0.1) is 5.82 Å². The van der Waals surface area contributed by atoms with E-state index in [0.29, 0.717) is 19.5 Å². The zero-order chi connectivity index (χ0) is 16.9. The standard InChI is InChI=1S/C18H24FN3O2/c19-14-6-4-5-13(11-14)9-10-20-17(23)16-12-22(18(24)21-16)15-7-2-1-3-8-15/h4-6,11,15-16H,1-3,7-10,12H2,(H,20,23)(H,21,24). The molecule has 1 unspecified atom stereocenters. The van der Waals surface area contributed by atoms with Crippen LogP contribution < -0.4 is 10.6 Å². The molecule has 0 aromatic heterocycles. The lowest BCUT2D eigenvalue weighted by Gasteiger charge is -2.30. The Morgan fingerprint density at radius 2 is 2.08 bits per heavy atom. The molecule has 5 nitrogen and oxygen atoms in total. The highest BCUT2D eigenvalue weighted by Gasteiger charge is 2.37. The van der Waals surface area contributed by atoms with E-state index in [-0.39, 0.29) is 23.8 Å². The van der Waals surface area contributed by atoms with Gasteiger partial charge in [0.05, 0.1) is 6.54 Å². The molecule has 3 amide bonds. The number of benzene rings is 1. The van der Waals surface area contributed by atoms with Crippen molar-refractivity contribution >= 4 is 11.9 Å². The van der Waals surface area contributed by atoms with E-state index in [1.165, 1.54) is 18.6 Å². The Labute approximate surface area is 141 Å². The molecule has 1 aromatic carbocycles. The molecule has 1 aliphatic heterocycles. The predicted octanol–water partition coefficient (Wildman–Crippen LogP) is 2.21. The molecule has 1 aromatic rings. The molecule has 1 saturated carbocycles. The van der Waals surface area contributed by atoms with Crippen molar-refractivity contribution in [2.45, 2.75) is 50.6 Å². The van der Waals surface area contributed by atoms with E-state index in [9.17, 15) is 14.0 Å². The number of nitrogens with zero attached hydrogens (tertiary/aromatic N) is 1. The molecule has 2 N–H and O–H groups in total. The van der Waals surface area contributed by atoms with E-state index in [1.807, 2.05) is 11.0 Å². The van der Waals surface area contributed by atoms with Gasteiger partial charge in [-0.05, 0) is 37.0 Å². The monoisotopic (exact) mass is 333 g/mol. The number of amides is 3. The average molecular weight is 333 g/mol. The summed E-state index contributed by atoms with van der Waals surface area (Å²) in [5.74, 6) is -0.442. The minimum absolute atomic E-state index is 0.132. The van der Waals surface area contributed by atoms with E-state index in [1.54, 1.807) is 6.07 Å². The maximum absolute atomic E-state index is 13.1. The van der Waals surface area contributed by atoms with Crippen LogP contribution in [0.4, 0.5) is 9.18 Å². The van der Waals surface area contributed by atoms with Gasteiger partial charge in [-0.1, -0.05) is 31.4 Å². The fraction of sp³-hybridized carbons (Fsp3) is 0.556. The fourth-order valence-corrected chi connectivity index (χ4v) is 3.56. The minimum Gasteiger partial charge on any atom is -0.354 e. The Morgan fingerprint density at radius 1 is 1.29 bits per heavy atom. The van der Waals surface area contributed by atoms with Gasteiger partial charge in [-0.25, -0.2) is 9.18 Å². The topological polar surface area (TPSA) is 61.4 Å². The Hall–Kier alpha value is -2.11. The van der Waals surface area contributed by atoms with Gasteiger partial charge in [-0.2, -0.15) is 0 Å². The number of hydrogen-bond acceptors (Lipinski definition) is 2. The third-order valence-electron chi connectivity index (χ3n) is 4.87. The maximum atomic E-state index is 13.1. The second kappa shape index (κ2) is 7.64. The van der Waals surface area contributed by atoms with Crippen LogP contribution in [-0.2, 0) is 11.2 Å². The number of carbonyl (C=O) groups excluding carboxylic acids is 2. The van der Waals surface area contributed by atoms with Crippen LogP contribution in [0.1, 0.15) is 37.7 Å². The molecule has 1 heterocycles. The van der Waals surface area contributed by atoms with E-state index in [0.717, 1.165) is 31.2 Å². The average Bonchev–Trinajstić information content (AvgIpc) is 2.98. The van der Waals surface area contributed by atoms with Crippen LogP contribution in [0.2, 0.25) is 0 Å².